The number of fused-ring (bicyclic) bond motifs is 3. The van der Waals surface area contributed by atoms with E-state index in [4.69, 9.17) is 30.5 Å². The third-order valence-corrected chi connectivity index (χ3v) is 14.2. The molecule has 0 radical (unpaired) electrons. The maximum Gasteiger partial charge on any atom is 0.308 e. The summed E-state index contributed by atoms with van der Waals surface area (Å²) in [6.45, 7) is 3.55. The van der Waals surface area contributed by atoms with Crippen LogP contribution in [0.5, 0.6) is 11.5 Å². The zero-order chi connectivity index (χ0) is 56.6. The molecule has 7 aromatic carbocycles. The van der Waals surface area contributed by atoms with Crippen LogP contribution in [0.15, 0.2) is 120 Å². The van der Waals surface area contributed by atoms with Gasteiger partial charge in [-0.3, -0.25) is 33.1 Å². The lowest BCUT2D eigenvalue weighted by molar-refractivity contribution is -0.432. The van der Waals surface area contributed by atoms with Crippen molar-refractivity contribution in [3.63, 3.8) is 0 Å². The van der Waals surface area contributed by atoms with Crippen LogP contribution in [0.4, 0.5) is 17.1 Å². The quantitative estimate of drug-likeness (QED) is 0.00761. The molecule has 0 aliphatic heterocycles. The monoisotopic (exact) mass is 1190 g/mol. The minimum Gasteiger partial charge on any atom is -0.426 e. The molecule has 0 heterocycles. The molecule has 0 aliphatic rings. The molecule has 0 saturated carbocycles. The molecule has 0 bridgehead atoms. The number of benzene rings is 7. The minimum absolute atomic E-state index is 0.0305. The van der Waals surface area contributed by atoms with Gasteiger partial charge in [-0.05, 0) is 120 Å². The van der Waals surface area contributed by atoms with E-state index in [-0.39, 0.29) is 80.3 Å². The number of ether oxygens (including phenoxy) is 2. The van der Waals surface area contributed by atoms with Crippen molar-refractivity contribution in [2.45, 2.75) is 50.1 Å². The van der Waals surface area contributed by atoms with Crippen molar-refractivity contribution in [1.29, 1.82) is 0 Å². The third kappa shape index (κ3) is 14.6. The Hall–Kier alpha value is -6.59. The fraction of sp³-hybridized carbons (Fsp3) is 0.0682. The molecule has 0 unspecified atom stereocenters. The Morgan fingerprint density at radius 1 is 0.423 bits per heavy atom. The normalized spacial score (nSPS) is 11.7. The zero-order valence-electron chi connectivity index (χ0n) is 39.0. The van der Waals surface area contributed by atoms with Crippen molar-refractivity contribution in [2.24, 2.45) is 0 Å². The summed E-state index contributed by atoms with van der Waals surface area (Å²) in [5.74, 6) is -5.59. The lowest BCUT2D eigenvalue weighted by Gasteiger charge is -2.17. The molecular formula is C44H33N3O25S6. The molecule has 0 saturated heterocycles. The van der Waals surface area contributed by atoms with Crippen LogP contribution in [-0.4, -0.2) is 76.6 Å². The second-order valence-corrected chi connectivity index (χ2v) is 21.4. The van der Waals surface area contributed by atoms with E-state index >= 15 is 0 Å². The van der Waals surface area contributed by atoms with Crippen molar-refractivity contribution in [2.75, 3.05) is 16.0 Å². The highest BCUT2D eigenvalue weighted by molar-refractivity contribution is 7.95. The maximum absolute atomic E-state index is 14.7. The van der Waals surface area contributed by atoms with Crippen LogP contribution in [0.3, 0.4) is 0 Å². The molecule has 410 valence electrons. The number of carbonyl (C=O) groups is 5. The van der Waals surface area contributed by atoms with Gasteiger partial charge in [-0.25, -0.2) is 21.0 Å². The van der Waals surface area contributed by atoms with E-state index in [1.54, 1.807) is 0 Å². The van der Waals surface area contributed by atoms with Crippen LogP contribution in [0.1, 0.15) is 50.5 Å². The fourth-order valence-corrected chi connectivity index (χ4v) is 10.5. The van der Waals surface area contributed by atoms with Crippen LogP contribution < -0.4 is 25.4 Å². The molecule has 28 nitrogen and oxygen atoms in total. The Morgan fingerprint density at radius 3 is 1.08 bits per heavy atom. The van der Waals surface area contributed by atoms with E-state index in [0.29, 0.717) is 48.2 Å². The van der Waals surface area contributed by atoms with E-state index in [1.807, 2.05) is 0 Å². The van der Waals surface area contributed by atoms with Crippen molar-refractivity contribution in [3.05, 3.63) is 113 Å². The molecule has 7 aromatic rings. The Bertz CT molecular complexity index is 3790. The van der Waals surface area contributed by atoms with Crippen LogP contribution in [0.25, 0.3) is 32.3 Å². The smallest absolute Gasteiger partial charge is 0.308 e. The topological polar surface area (TPSA) is 403 Å². The average molecular weight is 1200 g/mol. The predicted octanol–water partition coefficient (Wildman–Crippen LogP) is 9.27. The molecule has 0 spiro atoms. The molecule has 0 aliphatic carbocycles. The van der Waals surface area contributed by atoms with Crippen LogP contribution in [-0.2, 0) is 67.3 Å². The molecule has 0 aromatic heterocycles. The van der Waals surface area contributed by atoms with Gasteiger partial charge in [0.05, 0.1) is 75.0 Å². The Morgan fingerprint density at radius 2 is 0.731 bits per heavy atom. The van der Waals surface area contributed by atoms with E-state index in [2.05, 4.69) is 53.4 Å². The first kappa shape index (κ1) is 59.1. The summed E-state index contributed by atoms with van der Waals surface area (Å²) in [7, 11) is -9.85. The zero-order valence-corrected chi connectivity index (χ0v) is 43.9. The first-order chi connectivity index (χ1) is 37.0. The Labute approximate surface area is 453 Å². The number of amides is 3. The van der Waals surface area contributed by atoms with Gasteiger partial charge in [0.2, 0.25) is 0 Å². The summed E-state index contributed by atoms with van der Waals surface area (Å²) < 4.78 is 98.8. The summed E-state index contributed by atoms with van der Waals surface area (Å²) >= 11 is 1.69. The van der Waals surface area contributed by atoms with E-state index in [1.165, 1.54) is 55.5 Å². The van der Waals surface area contributed by atoms with E-state index < -0.39 is 82.1 Å². The van der Waals surface area contributed by atoms with Gasteiger partial charge in [-0.15, -0.1) is 17.3 Å². The van der Waals surface area contributed by atoms with Crippen LogP contribution >= 0.6 is 48.2 Å². The summed E-state index contributed by atoms with van der Waals surface area (Å²) in [6.07, 6.45) is 0. The number of aryl methyl sites for hydroxylation is 1. The summed E-state index contributed by atoms with van der Waals surface area (Å²) in [5.41, 5.74) is -1.89. The van der Waals surface area contributed by atoms with Crippen LogP contribution in [0.2, 0.25) is 0 Å². The SMILES string of the molecule is CC(=O)Oc1cc(SOOO)cc2cc(SOOO)cc(NC(=O)c3cc(C(=O)Nc4cc(SOOO)cc5cc(S(=O)(=O)O)cc(C)c45)cc(C(=O)Nc4cc(S(=O)(=O)O)cc5cc(SOOO)cc(OC(C)=O)c45)c3)c12. The van der Waals surface area contributed by atoms with Gasteiger partial charge in [0.1, 0.15) is 11.5 Å². The molecule has 0 atom stereocenters. The highest BCUT2D eigenvalue weighted by atomic mass is 32.2. The number of carbonyl (C=O) groups excluding carboxylic acids is 5. The average Bonchev–Trinajstić information content (AvgIpc) is 3.55. The second-order valence-electron chi connectivity index (χ2n) is 15.5. The maximum atomic E-state index is 14.7. The number of hydrogen-bond donors (Lipinski definition) is 9. The summed E-state index contributed by atoms with van der Waals surface area (Å²) in [5, 5.41) is 58.1. The number of rotatable bonds is 22. The molecular weight excluding hydrogens is 1160 g/mol. The van der Waals surface area contributed by atoms with Gasteiger partial charge < -0.3 is 25.4 Å². The Balaban J connectivity index is 1.42. The highest BCUT2D eigenvalue weighted by Crippen LogP contribution is 2.42. The summed E-state index contributed by atoms with van der Waals surface area (Å²) in [4.78, 5) is 67.8. The lowest BCUT2D eigenvalue weighted by Crippen LogP contribution is -2.20. The molecule has 0 fully saturated rings. The largest absolute Gasteiger partial charge is 0.426 e. The first-order valence-corrected chi connectivity index (χ1v) is 26.7. The van der Waals surface area contributed by atoms with Crippen molar-refractivity contribution >= 4 is 147 Å². The number of hydrogen-bond acceptors (Lipinski definition) is 27. The number of esters is 2. The van der Waals surface area contributed by atoms with E-state index in [0.717, 1.165) is 56.3 Å². The van der Waals surface area contributed by atoms with Crippen molar-refractivity contribution < 1.29 is 118 Å². The van der Waals surface area contributed by atoms with Gasteiger partial charge in [0.15, 0.2) is 0 Å². The standard InChI is InChI=1S/C44H33N3O25S6/c1-19-4-32(77(57,58)59)12-23-10-29(74-70-66-54)14-34(39(19)23)45-42(50)25-5-26(43(51)46-35-15-28(73-69-65-53)8-22-9-30(75-71-67-55)16-37(40(22)35)63-20(2)48)7-27(6-25)44(52)47-36-18-33(78(60,61)62)13-24-11-31(76-72-68-56)17-38(41(24)36)64-21(3)49/h4-18,53-56H,1-3H3,(H,45,50)(H,46,51)(H,47,52)(H,57,58,59)(H,60,61,62). The van der Waals surface area contributed by atoms with Gasteiger partial charge in [-0.2, -0.15) is 16.8 Å². The molecule has 3 amide bonds. The van der Waals surface area contributed by atoms with Crippen molar-refractivity contribution in [3.8, 4) is 11.5 Å². The van der Waals surface area contributed by atoms with E-state index in [9.17, 15) is 49.9 Å². The molecule has 7 rings (SSSR count). The third-order valence-electron chi connectivity index (χ3n) is 10.3. The van der Waals surface area contributed by atoms with Gasteiger partial charge in [0, 0.05) is 66.3 Å². The van der Waals surface area contributed by atoms with Gasteiger partial charge in [0.25, 0.3) is 38.0 Å². The van der Waals surface area contributed by atoms with Crippen molar-refractivity contribution in [1.82, 2.24) is 0 Å². The lowest BCUT2D eigenvalue weighted by atomic mass is 10.0. The van der Waals surface area contributed by atoms with Crippen LogP contribution in [0, 0.1) is 6.92 Å². The first-order valence-electron chi connectivity index (χ1n) is 20.8. The summed E-state index contributed by atoms with van der Waals surface area (Å²) in [6, 6.07) is 17.4. The predicted molar refractivity (Wildman–Crippen MR) is 272 cm³/mol. The van der Waals surface area contributed by atoms with Gasteiger partial charge >= 0.3 is 11.9 Å². The Kier molecular flexibility index (Phi) is 19.3. The second kappa shape index (κ2) is 25.5. The molecule has 34 heteroatoms. The minimum atomic E-state index is -5.07. The molecule has 78 heavy (non-hydrogen) atoms. The number of nitrogens with one attached hydrogen (secondary N) is 3. The number of anilines is 3. The molecule has 9 N–H and O–H groups in total. The van der Waals surface area contributed by atoms with Gasteiger partial charge in [-0.1, -0.05) is 20.2 Å². The highest BCUT2D eigenvalue weighted by Gasteiger charge is 2.25. The fourth-order valence-electron chi connectivity index (χ4n) is 7.59.